The highest BCUT2D eigenvalue weighted by Crippen LogP contribution is 2.41. The van der Waals surface area contributed by atoms with Crippen molar-refractivity contribution in [2.45, 2.75) is 34.1 Å². The molecule has 5 rings (SSSR count). The number of aromatic nitrogens is 2. The number of hydrogen-bond donors (Lipinski definition) is 2. The van der Waals surface area contributed by atoms with Crippen molar-refractivity contribution in [1.29, 1.82) is 0 Å². The Hall–Kier alpha value is -4.87. The number of aryl methyl sites for hydroxylation is 3. The Kier molecular flexibility index (Phi) is 11.4. The first-order valence-electron chi connectivity index (χ1n) is 16.2. The van der Waals surface area contributed by atoms with Crippen molar-refractivity contribution >= 4 is 23.5 Å². The number of rotatable bonds is 12. The lowest BCUT2D eigenvalue weighted by molar-refractivity contribution is 0.145. The molecule has 0 unspecified atom stereocenters. The van der Waals surface area contributed by atoms with E-state index in [0.717, 1.165) is 72.5 Å². The zero-order valence-electron chi connectivity index (χ0n) is 29.0. The van der Waals surface area contributed by atoms with Gasteiger partial charge in [-0.15, -0.1) is 0 Å². The van der Waals surface area contributed by atoms with Crippen molar-refractivity contribution in [2.75, 3.05) is 71.2 Å². The molecule has 254 valence electrons. The summed E-state index contributed by atoms with van der Waals surface area (Å²) in [6.45, 7) is 13.9. The van der Waals surface area contributed by atoms with Gasteiger partial charge in [0.2, 0.25) is 11.7 Å². The van der Waals surface area contributed by atoms with Gasteiger partial charge in [-0.3, -0.25) is 5.32 Å². The number of nitrogens with zero attached hydrogens (tertiary/aromatic N) is 4. The molecule has 1 aromatic heterocycles. The Bertz CT molecular complexity index is 1740. The molecule has 1 aliphatic heterocycles. The van der Waals surface area contributed by atoms with Crippen LogP contribution in [0.3, 0.4) is 0 Å². The van der Waals surface area contributed by atoms with Gasteiger partial charge in [-0.1, -0.05) is 24.3 Å². The zero-order chi connectivity index (χ0) is 34.2. The smallest absolute Gasteiger partial charge is 0.418 e. The molecule has 1 saturated heterocycles. The number of piperazine rings is 1. The quantitative estimate of drug-likeness (QED) is 0.159. The molecule has 0 saturated carbocycles. The fraction of sp³-hybridized carbons (Fsp3) is 0.378. The standard InChI is InChI=1S/C37H46N6O5/c1-24-20-26(3)34(30(21-24)29-11-8-10-25(2)27(29)4)48-37(44)41-33-12-13-38-36(40-33)39-28-22-31(45-6)35(46-7)32(23-28)47-19-9-14-43-17-15-42(5)16-18-43/h8,10-13,20-23H,9,14-19H2,1-7H3,(H2,38,39,40,41,44). The van der Waals surface area contributed by atoms with Crippen molar-refractivity contribution < 1.29 is 23.7 Å². The Labute approximate surface area is 283 Å². The number of ether oxygens (including phenoxy) is 4. The summed E-state index contributed by atoms with van der Waals surface area (Å²) in [5.41, 5.74) is 6.75. The molecule has 2 N–H and O–H groups in total. The first-order chi connectivity index (χ1) is 23.1. The Balaban J connectivity index is 1.27. The fourth-order valence-electron chi connectivity index (χ4n) is 5.82. The van der Waals surface area contributed by atoms with Gasteiger partial charge in [0.25, 0.3) is 0 Å². The topological polar surface area (TPSA) is 110 Å². The largest absolute Gasteiger partial charge is 0.493 e. The number of hydrogen-bond acceptors (Lipinski definition) is 10. The third kappa shape index (κ3) is 8.53. The van der Waals surface area contributed by atoms with Gasteiger partial charge in [0.05, 0.1) is 20.8 Å². The molecule has 11 nitrogen and oxygen atoms in total. The summed E-state index contributed by atoms with van der Waals surface area (Å²) in [6, 6.07) is 15.4. The molecule has 0 spiro atoms. The number of amides is 1. The van der Waals surface area contributed by atoms with E-state index in [1.165, 1.54) is 0 Å². The summed E-state index contributed by atoms with van der Waals surface area (Å²) in [7, 11) is 5.32. The number of nitrogens with one attached hydrogen (secondary N) is 2. The SMILES string of the molecule is COc1cc(Nc2nccc(NC(=O)Oc3c(C)cc(C)cc3-c3cccc(C)c3C)n2)cc(OCCCN2CCN(C)CC2)c1OC. The summed E-state index contributed by atoms with van der Waals surface area (Å²) in [5.74, 6) is 2.60. The van der Waals surface area contributed by atoms with Crippen LogP contribution in [0, 0.1) is 27.7 Å². The number of benzene rings is 3. The second-order valence-electron chi connectivity index (χ2n) is 12.2. The van der Waals surface area contributed by atoms with Crippen molar-refractivity contribution in [3.8, 4) is 34.1 Å². The second-order valence-corrected chi connectivity index (χ2v) is 12.2. The zero-order valence-corrected chi connectivity index (χ0v) is 29.0. The minimum atomic E-state index is -0.656. The lowest BCUT2D eigenvalue weighted by Crippen LogP contribution is -2.44. The molecule has 4 aromatic rings. The molecule has 1 amide bonds. The van der Waals surface area contributed by atoms with Crippen LogP contribution in [0.25, 0.3) is 11.1 Å². The maximum absolute atomic E-state index is 13.2. The normalized spacial score (nSPS) is 13.6. The van der Waals surface area contributed by atoms with Crippen molar-refractivity contribution in [3.05, 3.63) is 77.0 Å². The Morgan fingerprint density at radius 2 is 1.65 bits per heavy atom. The maximum atomic E-state index is 13.2. The van der Waals surface area contributed by atoms with Crippen molar-refractivity contribution in [2.24, 2.45) is 0 Å². The van der Waals surface area contributed by atoms with Crippen LogP contribution in [0.2, 0.25) is 0 Å². The summed E-state index contributed by atoms with van der Waals surface area (Å²) in [6.07, 6.45) is 1.78. The van der Waals surface area contributed by atoms with E-state index in [0.29, 0.717) is 35.3 Å². The predicted molar refractivity (Wildman–Crippen MR) is 189 cm³/mol. The van der Waals surface area contributed by atoms with Gasteiger partial charge in [0.15, 0.2) is 11.5 Å². The molecule has 2 heterocycles. The second kappa shape index (κ2) is 15.8. The lowest BCUT2D eigenvalue weighted by atomic mass is 9.93. The molecular formula is C37H46N6O5. The van der Waals surface area contributed by atoms with E-state index in [2.05, 4.69) is 57.4 Å². The van der Waals surface area contributed by atoms with Crippen LogP contribution in [0.4, 0.5) is 22.2 Å². The number of carbonyl (C=O) groups excluding carboxylic acids is 1. The molecule has 11 heteroatoms. The van der Waals surface area contributed by atoms with Crippen LogP contribution in [0.15, 0.2) is 54.7 Å². The van der Waals surface area contributed by atoms with Crippen molar-refractivity contribution in [1.82, 2.24) is 19.8 Å². The molecule has 0 bridgehead atoms. The summed E-state index contributed by atoms with van der Waals surface area (Å²) in [4.78, 5) is 26.8. The third-order valence-corrected chi connectivity index (χ3v) is 8.57. The maximum Gasteiger partial charge on any atom is 0.418 e. The van der Waals surface area contributed by atoms with Crippen LogP contribution in [-0.2, 0) is 0 Å². The van der Waals surface area contributed by atoms with Crippen LogP contribution in [0.5, 0.6) is 23.0 Å². The minimum Gasteiger partial charge on any atom is -0.493 e. The first-order valence-corrected chi connectivity index (χ1v) is 16.2. The van der Waals surface area contributed by atoms with Gasteiger partial charge in [-0.2, -0.15) is 4.98 Å². The highest BCUT2D eigenvalue weighted by Gasteiger charge is 2.19. The van der Waals surface area contributed by atoms with Gasteiger partial charge >= 0.3 is 6.09 Å². The average molecular weight is 655 g/mol. The first kappa shape index (κ1) is 34.5. The third-order valence-electron chi connectivity index (χ3n) is 8.57. The van der Waals surface area contributed by atoms with E-state index in [1.807, 2.05) is 44.2 Å². The fourth-order valence-corrected chi connectivity index (χ4v) is 5.82. The average Bonchev–Trinajstić information content (AvgIpc) is 3.06. The molecule has 1 fully saturated rings. The number of carbonyl (C=O) groups is 1. The highest BCUT2D eigenvalue weighted by molar-refractivity contribution is 5.88. The molecule has 48 heavy (non-hydrogen) atoms. The lowest BCUT2D eigenvalue weighted by Gasteiger charge is -2.32. The minimum absolute atomic E-state index is 0.267. The summed E-state index contributed by atoms with van der Waals surface area (Å²) in [5, 5.41) is 5.95. The Morgan fingerprint density at radius 3 is 2.40 bits per heavy atom. The molecule has 3 aromatic carbocycles. The van der Waals surface area contributed by atoms with Crippen molar-refractivity contribution in [3.63, 3.8) is 0 Å². The van der Waals surface area contributed by atoms with E-state index in [9.17, 15) is 4.79 Å². The number of methoxy groups -OCH3 is 2. The van der Waals surface area contributed by atoms with Gasteiger partial charge in [-0.05, 0) is 81.1 Å². The summed E-state index contributed by atoms with van der Waals surface area (Å²) >= 11 is 0. The van der Waals surface area contributed by atoms with E-state index in [4.69, 9.17) is 18.9 Å². The molecule has 1 aliphatic rings. The molecule has 0 aliphatic carbocycles. The monoisotopic (exact) mass is 654 g/mol. The van der Waals surface area contributed by atoms with Gasteiger partial charge in [-0.25, -0.2) is 9.78 Å². The Morgan fingerprint density at radius 1 is 0.875 bits per heavy atom. The van der Waals surface area contributed by atoms with Gasteiger partial charge < -0.3 is 34.1 Å². The number of likely N-dealkylation sites (N-methyl/N-ethyl adjacent to an activating group) is 1. The predicted octanol–water partition coefficient (Wildman–Crippen LogP) is 6.77. The molecular weight excluding hydrogens is 608 g/mol. The highest BCUT2D eigenvalue weighted by atomic mass is 16.6. The van der Waals surface area contributed by atoms with Gasteiger partial charge in [0, 0.05) is 62.3 Å². The molecule has 0 radical (unpaired) electrons. The van der Waals surface area contributed by atoms with E-state index < -0.39 is 6.09 Å². The van der Waals surface area contributed by atoms with E-state index in [1.54, 1.807) is 32.5 Å². The van der Waals surface area contributed by atoms with Crippen LogP contribution < -0.4 is 29.6 Å². The van der Waals surface area contributed by atoms with Crippen LogP contribution >= 0.6 is 0 Å². The van der Waals surface area contributed by atoms with Crippen LogP contribution in [0.1, 0.15) is 28.7 Å². The van der Waals surface area contributed by atoms with E-state index >= 15 is 0 Å². The van der Waals surface area contributed by atoms with Crippen LogP contribution in [-0.4, -0.2) is 86.5 Å². The summed E-state index contributed by atoms with van der Waals surface area (Å²) < 4.78 is 23.3. The number of anilines is 3. The molecule has 0 atom stereocenters. The van der Waals surface area contributed by atoms with Gasteiger partial charge in [0.1, 0.15) is 11.6 Å². The van der Waals surface area contributed by atoms with E-state index in [-0.39, 0.29) is 11.8 Å².